The minimum Gasteiger partial charge on any atom is -0.298 e. The molecular formula is C17H15ClN2OS. The monoisotopic (exact) mass is 330 g/mol. The zero-order valence-electron chi connectivity index (χ0n) is 12.2. The summed E-state index contributed by atoms with van der Waals surface area (Å²) in [4.78, 5) is 12.8. The normalized spacial score (nSPS) is 10.7. The van der Waals surface area contributed by atoms with Crippen molar-refractivity contribution in [1.29, 1.82) is 0 Å². The first-order valence-electron chi connectivity index (χ1n) is 6.87. The molecule has 0 aliphatic heterocycles. The maximum atomic E-state index is 12.3. The fraction of sp³-hybridized carbons (Fsp3) is 0.118. The summed E-state index contributed by atoms with van der Waals surface area (Å²) in [6, 6.07) is 13.6. The highest BCUT2D eigenvalue weighted by Gasteiger charge is 2.16. The molecule has 3 aromatic rings. The van der Waals surface area contributed by atoms with Gasteiger partial charge in [0.2, 0.25) is 0 Å². The number of anilines is 1. The van der Waals surface area contributed by atoms with E-state index in [0.717, 1.165) is 15.8 Å². The summed E-state index contributed by atoms with van der Waals surface area (Å²) in [6.07, 6.45) is 0. The molecule has 5 heteroatoms. The molecule has 0 unspecified atom stereocenters. The predicted molar refractivity (Wildman–Crippen MR) is 93.8 cm³/mol. The molecule has 0 spiro atoms. The van der Waals surface area contributed by atoms with Gasteiger partial charge in [-0.2, -0.15) is 0 Å². The summed E-state index contributed by atoms with van der Waals surface area (Å²) in [5.41, 5.74) is 8.85. The zero-order valence-corrected chi connectivity index (χ0v) is 13.8. The van der Waals surface area contributed by atoms with E-state index in [1.54, 1.807) is 0 Å². The highest BCUT2D eigenvalue weighted by atomic mass is 35.5. The Labute approximate surface area is 137 Å². The number of nitrogens with one attached hydrogen (secondary N) is 2. The van der Waals surface area contributed by atoms with Crippen molar-refractivity contribution in [3.8, 4) is 0 Å². The van der Waals surface area contributed by atoms with Gasteiger partial charge in [-0.15, -0.1) is 11.3 Å². The van der Waals surface area contributed by atoms with Crippen LogP contribution in [0.25, 0.3) is 10.1 Å². The average molecular weight is 331 g/mol. The Kier molecular flexibility index (Phi) is 4.05. The molecule has 1 heterocycles. The number of hydrazine groups is 1. The molecule has 2 N–H and O–H groups in total. The third kappa shape index (κ3) is 2.80. The van der Waals surface area contributed by atoms with Crippen molar-refractivity contribution in [2.24, 2.45) is 0 Å². The Morgan fingerprint density at radius 3 is 2.59 bits per heavy atom. The molecule has 3 nitrogen and oxygen atoms in total. The minimum absolute atomic E-state index is 0.232. The molecule has 3 rings (SSSR count). The second-order valence-corrected chi connectivity index (χ2v) is 6.55. The van der Waals surface area contributed by atoms with Crippen LogP contribution in [0.1, 0.15) is 20.8 Å². The van der Waals surface area contributed by atoms with Gasteiger partial charge in [0, 0.05) is 10.1 Å². The molecule has 0 aliphatic carbocycles. The molecule has 0 aliphatic rings. The second kappa shape index (κ2) is 5.99. The van der Waals surface area contributed by atoms with Crippen LogP contribution in [-0.2, 0) is 0 Å². The first kappa shape index (κ1) is 14.9. The standard InChI is InChI=1S/C17H15ClN2OS/c1-10-7-8-12(9-11(10)2)19-20-17(21)16-15(18)13-5-3-4-6-14(13)22-16/h3-9,19H,1-2H3,(H,20,21). The molecule has 0 bridgehead atoms. The number of aryl methyl sites for hydroxylation is 2. The van der Waals surface area contributed by atoms with Crippen LogP contribution in [0.15, 0.2) is 42.5 Å². The van der Waals surface area contributed by atoms with Crippen molar-refractivity contribution >= 4 is 44.6 Å². The van der Waals surface area contributed by atoms with Gasteiger partial charge in [0.15, 0.2) is 0 Å². The number of benzene rings is 2. The van der Waals surface area contributed by atoms with Crippen LogP contribution in [0, 0.1) is 13.8 Å². The third-order valence-corrected chi connectivity index (χ3v) is 5.24. The lowest BCUT2D eigenvalue weighted by Gasteiger charge is -2.09. The van der Waals surface area contributed by atoms with E-state index in [1.165, 1.54) is 22.5 Å². The largest absolute Gasteiger partial charge is 0.298 e. The molecule has 1 amide bonds. The summed E-state index contributed by atoms with van der Waals surface area (Å²) in [7, 11) is 0. The number of amides is 1. The smallest absolute Gasteiger partial charge is 0.281 e. The van der Waals surface area contributed by atoms with Gasteiger partial charge in [0.05, 0.1) is 10.7 Å². The number of carbonyl (C=O) groups is 1. The van der Waals surface area contributed by atoms with Crippen LogP contribution in [0.3, 0.4) is 0 Å². The quantitative estimate of drug-likeness (QED) is 0.669. The maximum Gasteiger partial charge on any atom is 0.281 e. The van der Waals surface area contributed by atoms with Crippen molar-refractivity contribution in [3.05, 3.63) is 63.5 Å². The van der Waals surface area contributed by atoms with Crippen LogP contribution in [0.2, 0.25) is 5.02 Å². The summed E-state index contributed by atoms with van der Waals surface area (Å²) in [5, 5.41) is 1.41. The molecule has 0 atom stereocenters. The van der Waals surface area contributed by atoms with E-state index in [4.69, 9.17) is 11.6 Å². The summed E-state index contributed by atoms with van der Waals surface area (Å²) in [6.45, 7) is 4.08. The third-order valence-electron chi connectivity index (χ3n) is 3.57. The summed E-state index contributed by atoms with van der Waals surface area (Å²) in [5.74, 6) is -0.232. The first-order chi connectivity index (χ1) is 10.6. The Morgan fingerprint density at radius 2 is 1.86 bits per heavy atom. The van der Waals surface area contributed by atoms with E-state index < -0.39 is 0 Å². The number of halogens is 1. The molecule has 1 aromatic heterocycles. The van der Waals surface area contributed by atoms with Gasteiger partial charge in [-0.1, -0.05) is 35.9 Å². The maximum absolute atomic E-state index is 12.3. The van der Waals surface area contributed by atoms with Crippen molar-refractivity contribution in [2.45, 2.75) is 13.8 Å². The van der Waals surface area contributed by atoms with Gasteiger partial charge in [-0.25, -0.2) is 0 Å². The van der Waals surface area contributed by atoms with Crippen LogP contribution >= 0.6 is 22.9 Å². The van der Waals surface area contributed by atoms with Gasteiger partial charge < -0.3 is 0 Å². The fourth-order valence-electron chi connectivity index (χ4n) is 2.16. The molecule has 0 saturated heterocycles. The van der Waals surface area contributed by atoms with Gasteiger partial charge >= 0.3 is 0 Å². The van der Waals surface area contributed by atoms with Gasteiger partial charge in [0.1, 0.15) is 4.88 Å². The van der Waals surface area contributed by atoms with E-state index in [0.29, 0.717) is 9.90 Å². The molecule has 0 saturated carbocycles. The molecule has 22 heavy (non-hydrogen) atoms. The van der Waals surface area contributed by atoms with Gasteiger partial charge in [-0.3, -0.25) is 15.6 Å². The number of hydrogen-bond acceptors (Lipinski definition) is 3. The van der Waals surface area contributed by atoms with Crippen LogP contribution in [0.4, 0.5) is 5.69 Å². The SMILES string of the molecule is Cc1ccc(NNC(=O)c2sc3ccccc3c2Cl)cc1C. The second-order valence-electron chi connectivity index (χ2n) is 5.12. The van der Waals surface area contributed by atoms with Crippen molar-refractivity contribution < 1.29 is 4.79 Å². The molecule has 2 aromatic carbocycles. The number of thiophene rings is 1. The van der Waals surface area contributed by atoms with Crippen molar-refractivity contribution in [1.82, 2.24) is 5.43 Å². The predicted octanol–water partition coefficient (Wildman–Crippen LogP) is 4.93. The number of hydrogen-bond donors (Lipinski definition) is 2. The molecule has 112 valence electrons. The van der Waals surface area contributed by atoms with Crippen LogP contribution in [-0.4, -0.2) is 5.91 Å². The van der Waals surface area contributed by atoms with E-state index in [2.05, 4.69) is 17.8 Å². The van der Waals surface area contributed by atoms with Gasteiger partial charge in [-0.05, 0) is 43.2 Å². The molecule has 0 radical (unpaired) electrons. The fourth-order valence-corrected chi connectivity index (χ4v) is 3.58. The highest BCUT2D eigenvalue weighted by molar-refractivity contribution is 7.21. The Hall–Kier alpha value is -2.04. The average Bonchev–Trinajstić information content (AvgIpc) is 2.86. The zero-order chi connectivity index (χ0) is 15.7. The molecular weight excluding hydrogens is 316 g/mol. The van der Waals surface area contributed by atoms with Crippen LogP contribution in [0.5, 0.6) is 0 Å². The summed E-state index contributed by atoms with van der Waals surface area (Å²) >= 11 is 7.69. The lowest BCUT2D eigenvalue weighted by atomic mass is 10.1. The topological polar surface area (TPSA) is 41.1 Å². The number of fused-ring (bicyclic) bond motifs is 1. The molecule has 0 fully saturated rings. The first-order valence-corrected chi connectivity index (χ1v) is 8.06. The van der Waals surface area contributed by atoms with E-state index in [1.807, 2.05) is 49.4 Å². The lowest BCUT2D eigenvalue weighted by molar-refractivity contribution is 0.0967. The van der Waals surface area contributed by atoms with E-state index in [-0.39, 0.29) is 5.91 Å². The number of rotatable bonds is 3. The lowest BCUT2D eigenvalue weighted by Crippen LogP contribution is -2.28. The minimum atomic E-state index is -0.232. The van der Waals surface area contributed by atoms with Crippen molar-refractivity contribution in [2.75, 3.05) is 5.43 Å². The Morgan fingerprint density at radius 1 is 1.09 bits per heavy atom. The van der Waals surface area contributed by atoms with E-state index >= 15 is 0 Å². The number of carbonyl (C=O) groups excluding carboxylic acids is 1. The summed E-state index contributed by atoms with van der Waals surface area (Å²) < 4.78 is 1.00. The van der Waals surface area contributed by atoms with Gasteiger partial charge in [0.25, 0.3) is 5.91 Å². The Balaban J connectivity index is 1.78. The van der Waals surface area contributed by atoms with Crippen LogP contribution < -0.4 is 10.9 Å². The van der Waals surface area contributed by atoms with Crippen molar-refractivity contribution in [3.63, 3.8) is 0 Å². The Bertz CT molecular complexity index is 857. The highest BCUT2D eigenvalue weighted by Crippen LogP contribution is 2.34. The van der Waals surface area contributed by atoms with E-state index in [9.17, 15) is 4.79 Å².